The van der Waals surface area contributed by atoms with Gasteiger partial charge in [-0.05, 0) is 49.2 Å². The second-order valence-corrected chi connectivity index (χ2v) is 10.6. The Balaban J connectivity index is 1.60. The molecule has 0 radical (unpaired) electrons. The van der Waals surface area contributed by atoms with Gasteiger partial charge in [0.05, 0.1) is 6.20 Å². The summed E-state index contributed by atoms with van der Waals surface area (Å²) in [6.45, 7) is 1.83. The molecule has 0 bridgehead atoms. The van der Waals surface area contributed by atoms with Crippen LogP contribution in [0.4, 0.5) is 0 Å². The van der Waals surface area contributed by atoms with Gasteiger partial charge in [-0.1, -0.05) is 48.5 Å². The third kappa shape index (κ3) is 4.89. The fourth-order valence-corrected chi connectivity index (χ4v) is 5.72. The molecule has 1 aliphatic heterocycles. The van der Waals surface area contributed by atoms with Crippen LogP contribution in [0.5, 0.6) is 0 Å². The minimum Gasteiger partial charge on any atom is -0.309 e. The average Bonchev–Trinajstić information content (AvgIpc) is 3.20. The van der Waals surface area contributed by atoms with E-state index in [4.69, 9.17) is 0 Å². The number of nitrogens with zero attached hydrogens (tertiary/aromatic N) is 4. The van der Waals surface area contributed by atoms with Gasteiger partial charge in [-0.25, -0.2) is 8.42 Å². The molecule has 0 amide bonds. The van der Waals surface area contributed by atoms with Crippen LogP contribution in [0.2, 0.25) is 0 Å². The Morgan fingerprint density at radius 3 is 2.55 bits per heavy atom. The molecule has 4 rings (SSSR count). The molecule has 3 aromatic rings. The number of aromatic nitrogens is 2. The fourth-order valence-electron chi connectivity index (χ4n) is 4.32. The second-order valence-electron chi connectivity index (χ2n) is 8.62. The van der Waals surface area contributed by atoms with Crippen molar-refractivity contribution in [2.45, 2.75) is 30.2 Å². The summed E-state index contributed by atoms with van der Waals surface area (Å²) in [4.78, 5) is 2.47. The molecule has 1 unspecified atom stereocenters. The highest BCUT2D eigenvalue weighted by atomic mass is 32.2. The van der Waals surface area contributed by atoms with E-state index in [-0.39, 0.29) is 4.90 Å². The number of benzene rings is 2. The van der Waals surface area contributed by atoms with Crippen LogP contribution in [0.1, 0.15) is 28.2 Å². The van der Waals surface area contributed by atoms with Crippen LogP contribution in [-0.2, 0) is 36.5 Å². The van der Waals surface area contributed by atoms with Crippen LogP contribution >= 0.6 is 0 Å². The third-order valence-electron chi connectivity index (χ3n) is 5.91. The van der Waals surface area contributed by atoms with Gasteiger partial charge in [0.1, 0.15) is 4.90 Å². The number of sulfonamides is 1. The molecule has 6 nitrogen and oxygen atoms in total. The SMILES string of the molecule is CN(C)CC(Cc1ccccc1)c1ccc2c(c1)CN(S(=O)(=O)c1cnn(C)c1)CC2. The van der Waals surface area contributed by atoms with E-state index in [1.54, 1.807) is 17.5 Å². The van der Waals surface area contributed by atoms with Crippen LogP contribution < -0.4 is 0 Å². The summed E-state index contributed by atoms with van der Waals surface area (Å²) in [7, 11) is 2.38. The Bertz CT molecular complexity index is 1140. The highest BCUT2D eigenvalue weighted by molar-refractivity contribution is 7.89. The van der Waals surface area contributed by atoms with Crippen LogP contribution in [0.15, 0.2) is 65.8 Å². The summed E-state index contributed by atoms with van der Waals surface area (Å²) >= 11 is 0. The fraction of sp³-hybridized carbons (Fsp3) is 0.375. The number of rotatable bonds is 7. The number of fused-ring (bicyclic) bond motifs is 1. The Kier molecular flexibility index (Phi) is 6.27. The lowest BCUT2D eigenvalue weighted by Gasteiger charge is -2.29. The molecule has 0 spiro atoms. The smallest absolute Gasteiger partial charge is 0.246 e. The zero-order valence-corrected chi connectivity index (χ0v) is 19.2. The standard InChI is InChI=1S/C24H30N4O2S/c1-26(2)16-22(13-19-7-5-4-6-8-19)21-10-9-20-11-12-28(17-23(20)14-21)31(29,30)24-15-25-27(3)18-24/h4-10,14-15,18,22H,11-13,16-17H2,1-3H3. The predicted molar refractivity (Wildman–Crippen MR) is 122 cm³/mol. The zero-order chi connectivity index (χ0) is 22.0. The Hall–Kier alpha value is -2.48. The van der Waals surface area contributed by atoms with E-state index >= 15 is 0 Å². The molecule has 2 aromatic carbocycles. The van der Waals surface area contributed by atoms with Gasteiger partial charge in [-0.2, -0.15) is 9.40 Å². The largest absolute Gasteiger partial charge is 0.309 e. The lowest BCUT2D eigenvalue weighted by atomic mass is 9.88. The normalized spacial score (nSPS) is 15.7. The van der Waals surface area contributed by atoms with E-state index in [1.807, 2.05) is 6.07 Å². The summed E-state index contributed by atoms with van der Waals surface area (Å²) in [5.74, 6) is 0.341. The summed E-state index contributed by atoms with van der Waals surface area (Å²) in [6, 6.07) is 17.2. The first-order valence-corrected chi connectivity index (χ1v) is 12.1. The topological polar surface area (TPSA) is 58.4 Å². The van der Waals surface area contributed by atoms with Crippen molar-refractivity contribution in [2.75, 3.05) is 27.2 Å². The number of aryl methyl sites for hydroxylation is 1. The Morgan fingerprint density at radius 2 is 1.87 bits per heavy atom. The van der Waals surface area contributed by atoms with Gasteiger partial charge >= 0.3 is 0 Å². The molecule has 0 saturated carbocycles. The van der Waals surface area contributed by atoms with E-state index in [0.29, 0.717) is 19.0 Å². The molecule has 1 aromatic heterocycles. The second kappa shape index (κ2) is 8.94. The molecule has 0 aliphatic carbocycles. The van der Waals surface area contributed by atoms with Crippen molar-refractivity contribution in [2.24, 2.45) is 7.05 Å². The Morgan fingerprint density at radius 1 is 1.10 bits per heavy atom. The third-order valence-corrected chi connectivity index (χ3v) is 7.71. The number of hydrogen-bond donors (Lipinski definition) is 0. The monoisotopic (exact) mass is 438 g/mol. The van der Waals surface area contributed by atoms with Gasteiger partial charge in [-0.3, -0.25) is 4.68 Å². The minimum atomic E-state index is -3.54. The maximum atomic E-state index is 13.1. The van der Waals surface area contributed by atoms with Crippen molar-refractivity contribution in [1.29, 1.82) is 0 Å². The molecule has 164 valence electrons. The Labute approximate surface area is 185 Å². The molecule has 1 aliphatic rings. The zero-order valence-electron chi connectivity index (χ0n) is 18.4. The van der Waals surface area contributed by atoms with Crippen molar-refractivity contribution in [1.82, 2.24) is 19.0 Å². The maximum Gasteiger partial charge on any atom is 0.246 e. The van der Waals surface area contributed by atoms with E-state index in [9.17, 15) is 8.42 Å². The number of hydrogen-bond acceptors (Lipinski definition) is 4. The minimum absolute atomic E-state index is 0.254. The van der Waals surface area contributed by atoms with Crippen molar-refractivity contribution in [3.8, 4) is 0 Å². The summed E-state index contributed by atoms with van der Waals surface area (Å²) in [6.07, 6.45) is 4.67. The van der Waals surface area contributed by atoms with E-state index in [0.717, 1.165) is 24.9 Å². The molecular weight excluding hydrogens is 408 g/mol. The quantitative estimate of drug-likeness (QED) is 0.569. The first kappa shape index (κ1) is 21.7. The first-order valence-electron chi connectivity index (χ1n) is 10.6. The van der Waals surface area contributed by atoms with Gasteiger partial charge in [-0.15, -0.1) is 0 Å². The van der Waals surface area contributed by atoms with Crippen molar-refractivity contribution in [3.63, 3.8) is 0 Å². The average molecular weight is 439 g/mol. The lowest BCUT2D eigenvalue weighted by Crippen LogP contribution is -2.36. The molecule has 0 N–H and O–H groups in total. The van der Waals surface area contributed by atoms with Gasteiger partial charge in [0.2, 0.25) is 10.0 Å². The van der Waals surface area contributed by atoms with Gasteiger partial charge in [0.15, 0.2) is 0 Å². The summed E-state index contributed by atoms with van der Waals surface area (Å²) in [5.41, 5.74) is 4.92. The van der Waals surface area contributed by atoms with E-state index in [1.165, 1.54) is 27.6 Å². The summed E-state index contributed by atoms with van der Waals surface area (Å²) < 4.78 is 29.3. The van der Waals surface area contributed by atoms with Gasteiger partial charge in [0.25, 0.3) is 0 Å². The first-order chi connectivity index (χ1) is 14.8. The highest BCUT2D eigenvalue weighted by Gasteiger charge is 2.30. The molecule has 0 fully saturated rings. The van der Waals surface area contributed by atoms with Gasteiger partial charge < -0.3 is 4.90 Å². The molecule has 7 heteroatoms. The predicted octanol–water partition coefficient (Wildman–Crippen LogP) is 3.06. The molecular formula is C24H30N4O2S. The molecule has 31 heavy (non-hydrogen) atoms. The highest BCUT2D eigenvalue weighted by Crippen LogP contribution is 2.29. The molecule has 0 saturated heterocycles. The van der Waals surface area contributed by atoms with Crippen LogP contribution in [0, 0.1) is 0 Å². The van der Waals surface area contributed by atoms with Crippen molar-refractivity contribution >= 4 is 10.0 Å². The van der Waals surface area contributed by atoms with Crippen LogP contribution in [0.3, 0.4) is 0 Å². The van der Waals surface area contributed by atoms with Crippen molar-refractivity contribution in [3.05, 3.63) is 83.2 Å². The van der Waals surface area contributed by atoms with E-state index in [2.05, 4.69) is 66.6 Å². The van der Waals surface area contributed by atoms with Crippen LogP contribution in [-0.4, -0.2) is 54.6 Å². The number of likely N-dealkylation sites (N-methyl/N-ethyl adjacent to an activating group) is 1. The lowest BCUT2D eigenvalue weighted by molar-refractivity contribution is 0.370. The maximum absolute atomic E-state index is 13.1. The summed E-state index contributed by atoms with van der Waals surface area (Å²) in [5, 5.41) is 4.03. The van der Waals surface area contributed by atoms with E-state index < -0.39 is 10.0 Å². The van der Waals surface area contributed by atoms with Crippen LogP contribution in [0.25, 0.3) is 0 Å². The van der Waals surface area contributed by atoms with Crippen molar-refractivity contribution < 1.29 is 8.42 Å². The molecule has 2 heterocycles. The molecule has 1 atom stereocenters. The van der Waals surface area contributed by atoms with Gasteiger partial charge in [0, 0.05) is 38.8 Å².